The zero-order valence-corrected chi connectivity index (χ0v) is 20.5. The zero-order chi connectivity index (χ0) is 24.1. The Kier molecular flexibility index (Phi) is 8.06. The summed E-state index contributed by atoms with van der Waals surface area (Å²) in [7, 11) is 1.52. The smallest absolute Gasteiger partial charge is 0.307 e. The van der Waals surface area contributed by atoms with Gasteiger partial charge in [0.05, 0.1) is 26.2 Å². The highest BCUT2D eigenvalue weighted by Crippen LogP contribution is 2.41. The van der Waals surface area contributed by atoms with E-state index in [0.29, 0.717) is 23.8 Å². The minimum atomic E-state index is -0.894. The van der Waals surface area contributed by atoms with Crippen molar-refractivity contribution < 1.29 is 24.2 Å². The molecule has 0 amide bonds. The maximum Gasteiger partial charge on any atom is 0.307 e. The molecule has 3 aromatic rings. The molecule has 1 aromatic heterocycles. The largest absolute Gasteiger partial charge is 0.495 e. The first-order chi connectivity index (χ1) is 15.7. The molecule has 0 fully saturated rings. The molecule has 174 valence electrons. The summed E-state index contributed by atoms with van der Waals surface area (Å²) in [5, 5.41) is 9.81. The van der Waals surface area contributed by atoms with Gasteiger partial charge in [-0.3, -0.25) is 9.59 Å². The fraction of sp³-hybridized carbons (Fsp3) is 0.333. The Labute approximate surface area is 199 Å². The minimum Gasteiger partial charge on any atom is -0.495 e. The molecule has 1 heterocycles. The summed E-state index contributed by atoms with van der Waals surface area (Å²) in [6, 6.07) is 16.0. The number of carboxylic acid groups (broad SMARTS) is 1. The van der Waals surface area contributed by atoms with Gasteiger partial charge in [-0.1, -0.05) is 55.0 Å². The van der Waals surface area contributed by atoms with Gasteiger partial charge in [-0.05, 0) is 42.2 Å². The van der Waals surface area contributed by atoms with Crippen molar-refractivity contribution in [3.8, 4) is 5.75 Å². The van der Waals surface area contributed by atoms with E-state index in [-0.39, 0.29) is 5.78 Å². The summed E-state index contributed by atoms with van der Waals surface area (Å²) < 4.78 is 11.3. The first-order valence-electron chi connectivity index (χ1n) is 10.9. The van der Waals surface area contributed by atoms with Crippen molar-refractivity contribution in [1.82, 2.24) is 0 Å². The summed E-state index contributed by atoms with van der Waals surface area (Å²) in [5.74, 6) is -1.60. The number of rotatable bonds is 10. The highest BCUT2D eigenvalue weighted by atomic mass is 32.1. The van der Waals surface area contributed by atoms with Crippen LogP contribution in [-0.4, -0.2) is 24.0 Å². The predicted molar refractivity (Wildman–Crippen MR) is 130 cm³/mol. The number of carboxylic acids is 1. The van der Waals surface area contributed by atoms with Gasteiger partial charge in [0.15, 0.2) is 5.78 Å². The van der Waals surface area contributed by atoms with Gasteiger partial charge in [0, 0.05) is 17.7 Å². The first kappa shape index (κ1) is 24.7. The number of benzene rings is 2. The van der Waals surface area contributed by atoms with E-state index in [0.717, 1.165) is 27.1 Å². The fourth-order valence-corrected chi connectivity index (χ4v) is 5.04. The molecule has 0 aliphatic heterocycles. The second-order valence-corrected chi connectivity index (χ2v) is 9.46. The summed E-state index contributed by atoms with van der Waals surface area (Å²) in [6.45, 7) is 8.18. The minimum absolute atomic E-state index is 0.0982. The van der Waals surface area contributed by atoms with Crippen molar-refractivity contribution >= 4 is 23.1 Å². The maximum absolute atomic E-state index is 12.1. The number of aliphatic carboxylic acids is 1. The summed E-state index contributed by atoms with van der Waals surface area (Å²) >= 11 is 1.30. The molecule has 6 heteroatoms. The molecule has 3 rings (SSSR count). The lowest BCUT2D eigenvalue weighted by Crippen LogP contribution is -2.19. The quantitative estimate of drug-likeness (QED) is 0.363. The van der Waals surface area contributed by atoms with Gasteiger partial charge in [0.2, 0.25) is 0 Å². The standard InChI is InChI=1S/C27H30O5S/c1-16-6-9-20(10-7-16)14-32-15-22-12-21(11-8-17(22)2)25(18(3)27(29)30)24-13-23(31-5)26(33-24)19(4)28/h6-13,18,25H,14-15H2,1-5H3,(H,29,30). The second kappa shape index (κ2) is 10.8. The average molecular weight is 467 g/mol. The van der Waals surface area contributed by atoms with Gasteiger partial charge in [-0.15, -0.1) is 11.3 Å². The average Bonchev–Trinajstić information content (AvgIpc) is 3.21. The summed E-state index contributed by atoms with van der Waals surface area (Å²) in [5.41, 5.74) is 5.28. The van der Waals surface area contributed by atoms with Crippen LogP contribution in [0.1, 0.15) is 62.1 Å². The van der Waals surface area contributed by atoms with Crippen molar-refractivity contribution in [3.05, 3.63) is 86.1 Å². The van der Waals surface area contributed by atoms with Gasteiger partial charge >= 0.3 is 5.97 Å². The van der Waals surface area contributed by atoms with E-state index in [4.69, 9.17) is 9.47 Å². The number of carbonyl (C=O) groups excluding carboxylic acids is 1. The van der Waals surface area contributed by atoms with Crippen LogP contribution in [-0.2, 0) is 22.7 Å². The van der Waals surface area contributed by atoms with Crippen LogP contribution in [0, 0.1) is 19.8 Å². The van der Waals surface area contributed by atoms with E-state index >= 15 is 0 Å². The number of thiophene rings is 1. The third kappa shape index (κ3) is 5.89. The lowest BCUT2D eigenvalue weighted by molar-refractivity contribution is -0.141. The molecule has 2 aromatic carbocycles. The van der Waals surface area contributed by atoms with E-state index in [9.17, 15) is 14.7 Å². The van der Waals surface area contributed by atoms with E-state index < -0.39 is 17.8 Å². The molecule has 0 saturated heterocycles. The van der Waals surface area contributed by atoms with Crippen LogP contribution in [0.25, 0.3) is 0 Å². The van der Waals surface area contributed by atoms with E-state index in [1.165, 1.54) is 30.9 Å². The monoisotopic (exact) mass is 466 g/mol. The van der Waals surface area contributed by atoms with Crippen molar-refractivity contribution in [2.24, 2.45) is 5.92 Å². The highest BCUT2D eigenvalue weighted by molar-refractivity contribution is 7.14. The first-order valence-corrected chi connectivity index (χ1v) is 11.7. The van der Waals surface area contributed by atoms with Crippen molar-refractivity contribution in [3.63, 3.8) is 0 Å². The molecule has 0 bridgehead atoms. The Balaban J connectivity index is 1.90. The van der Waals surface area contributed by atoms with Crippen molar-refractivity contribution in [2.75, 3.05) is 7.11 Å². The van der Waals surface area contributed by atoms with Gasteiger partial charge < -0.3 is 14.6 Å². The lowest BCUT2D eigenvalue weighted by Gasteiger charge is -2.22. The molecule has 0 aliphatic carbocycles. The number of aryl methyl sites for hydroxylation is 2. The molecule has 2 unspecified atom stereocenters. The Hall–Kier alpha value is -2.96. The highest BCUT2D eigenvalue weighted by Gasteiger charge is 2.30. The fourth-order valence-electron chi connectivity index (χ4n) is 3.79. The Morgan fingerprint density at radius 3 is 2.30 bits per heavy atom. The van der Waals surface area contributed by atoms with Gasteiger partial charge in [-0.25, -0.2) is 0 Å². The number of ether oxygens (including phenoxy) is 2. The molecule has 0 saturated carbocycles. The second-order valence-electron chi connectivity index (χ2n) is 8.37. The summed E-state index contributed by atoms with van der Waals surface area (Å²) in [6.07, 6.45) is 0. The van der Waals surface area contributed by atoms with Crippen LogP contribution in [0.15, 0.2) is 48.5 Å². The van der Waals surface area contributed by atoms with Crippen LogP contribution in [0.4, 0.5) is 0 Å². The number of hydrogen-bond acceptors (Lipinski definition) is 5. The summed E-state index contributed by atoms with van der Waals surface area (Å²) in [4.78, 5) is 25.3. The molecular weight excluding hydrogens is 436 g/mol. The normalized spacial score (nSPS) is 12.9. The third-order valence-electron chi connectivity index (χ3n) is 5.83. The van der Waals surface area contributed by atoms with Crippen LogP contribution < -0.4 is 4.74 Å². The van der Waals surface area contributed by atoms with Crippen LogP contribution >= 0.6 is 11.3 Å². The number of carbonyl (C=O) groups is 2. The molecule has 2 atom stereocenters. The van der Waals surface area contributed by atoms with Crippen LogP contribution in [0.5, 0.6) is 5.75 Å². The van der Waals surface area contributed by atoms with Gasteiger partial charge in [-0.2, -0.15) is 0 Å². The number of methoxy groups -OCH3 is 1. The number of Topliss-reactive ketones (excluding diaryl/α,β-unsaturated/α-hetero) is 1. The predicted octanol–water partition coefficient (Wildman–Crippen LogP) is 6.15. The molecule has 0 spiro atoms. The maximum atomic E-state index is 12.1. The molecular formula is C27H30O5S. The number of ketones is 1. The van der Waals surface area contributed by atoms with E-state index in [1.54, 1.807) is 13.0 Å². The van der Waals surface area contributed by atoms with Crippen molar-refractivity contribution in [1.29, 1.82) is 0 Å². The van der Waals surface area contributed by atoms with Crippen molar-refractivity contribution in [2.45, 2.75) is 46.8 Å². The molecule has 1 N–H and O–H groups in total. The third-order valence-corrected chi connectivity index (χ3v) is 7.13. The topological polar surface area (TPSA) is 72.8 Å². The molecule has 5 nitrogen and oxygen atoms in total. The lowest BCUT2D eigenvalue weighted by atomic mass is 9.84. The number of hydrogen-bond donors (Lipinski definition) is 1. The molecule has 0 radical (unpaired) electrons. The Bertz CT molecular complexity index is 1130. The SMILES string of the molecule is COc1cc(C(c2ccc(C)c(COCc3ccc(C)cc3)c2)C(C)C(=O)O)sc1C(C)=O. The van der Waals surface area contributed by atoms with Gasteiger partial charge in [0.1, 0.15) is 10.6 Å². The van der Waals surface area contributed by atoms with Crippen LogP contribution in [0.3, 0.4) is 0 Å². The van der Waals surface area contributed by atoms with E-state index in [2.05, 4.69) is 31.2 Å². The molecule has 33 heavy (non-hydrogen) atoms. The Morgan fingerprint density at radius 1 is 1.03 bits per heavy atom. The molecule has 0 aliphatic rings. The van der Waals surface area contributed by atoms with Crippen LogP contribution in [0.2, 0.25) is 0 Å². The van der Waals surface area contributed by atoms with E-state index in [1.807, 2.05) is 25.1 Å². The van der Waals surface area contributed by atoms with Gasteiger partial charge in [0.25, 0.3) is 0 Å². The Morgan fingerprint density at radius 2 is 1.73 bits per heavy atom. The zero-order valence-electron chi connectivity index (χ0n) is 19.7.